The molecule has 0 radical (unpaired) electrons. The molecule has 1 aliphatic rings. The van der Waals surface area contributed by atoms with Crippen molar-refractivity contribution < 1.29 is 17.7 Å². The molecule has 8 heteroatoms. The number of hydrogen-bond donors (Lipinski definition) is 1. The van der Waals surface area contributed by atoms with E-state index in [1.54, 1.807) is 37.8 Å². The summed E-state index contributed by atoms with van der Waals surface area (Å²) >= 11 is 0. The van der Waals surface area contributed by atoms with E-state index in [0.29, 0.717) is 17.9 Å². The first-order valence-corrected chi connectivity index (χ1v) is 9.08. The van der Waals surface area contributed by atoms with Gasteiger partial charge in [0.2, 0.25) is 5.91 Å². The minimum Gasteiger partial charge on any atom is -0.360 e. The van der Waals surface area contributed by atoms with Crippen molar-refractivity contribution in [3.8, 4) is 0 Å². The van der Waals surface area contributed by atoms with Crippen LogP contribution in [0.25, 0.3) is 0 Å². The second-order valence-electron chi connectivity index (χ2n) is 6.28. The van der Waals surface area contributed by atoms with E-state index >= 15 is 0 Å². The summed E-state index contributed by atoms with van der Waals surface area (Å²) in [6.07, 6.45) is 0. The number of aryl methyl sites for hydroxylation is 1. The lowest BCUT2D eigenvalue weighted by Crippen LogP contribution is -2.35. The van der Waals surface area contributed by atoms with Crippen LogP contribution in [-0.4, -0.2) is 26.0 Å². The maximum absolute atomic E-state index is 12.6. The SMILES string of the molecule is CCN1C(=O)C(C)(C)c2cc(S(=O)(=O)Nc3cc(C)on3)ccc21. The van der Waals surface area contributed by atoms with Crippen molar-refractivity contribution in [3.63, 3.8) is 0 Å². The Labute approximate surface area is 140 Å². The van der Waals surface area contributed by atoms with Gasteiger partial charge in [-0.2, -0.15) is 0 Å². The van der Waals surface area contributed by atoms with Crippen LogP contribution >= 0.6 is 0 Å². The average Bonchev–Trinajstić information content (AvgIpc) is 2.99. The lowest BCUT2D eigenvalue weighted by molar-refractivity contribution is -0.122. The lowest BCUT2D eigenvalue weighted by atomic mass is 9.86. The van der Waals surface area contributed by atoms with Gasteiger partial charge in [-0.3, -0.25) is 9.52 Å². The number of likely N-dealkylation sites (N-methyl/N-ethyl adjacent to an activating group) is 1. The predicted octanol–water partition coefficient (Wildman–Crippen LogP) is 2.43. The molecular weight excluding hydrogens is 330 g/mol. The third kappa shape index (κ3) is 2.47. The van der Waals surface area contributed by atoms with Crippen molar-refractivity contribution >= 4 is 27.4 Å². The van der Waals surface area contributed by atoms with Crippen LogP contribution in [0.3, 0.4) is 0 Å². The lowest BCUT2D eigenvalue weighted by Gasteiger charge is -2.18. The van der Waals surface area contributed by atoms with Crippen LogP contribution in [0.4, 0.5) is 11.5 Å². The van der Waals surface area contributed by atoms with Gasteiger partial charge in [-0.1, -0.05) is 5.16 Å². The molecule has 0 fully saturated rings. The normalized spacial score (nSPS) is 16.3. The Hall–Kier alpha value is -2.35. The summed E-state index contributed by atoms with van der Waals surface area (Å²) in [4.78, 5) is 14.3. The molecule has 1 aliphatic heterocycles. The zero-order valence-corrected chi connectivity index (χ0v) is 14.8. The minimum absolute atomic E-state index is 0.0327. The first-order chi connectivity index (χ1) is 11.2. The van der Waals surface area contributed by atoms with Gasteiger partial charge in [-0.25, -0.2) is 8.42 Å². The highest BCUT2D eigenvalue weighted by Crippen LogP contribution is 2.42. The molecule has 1 aromatic heterocycles. The number of amides is 1. The molecule has 24 heavy (non-hydrogen) atoms. The summed E-state index contributed by atoms with van der Waals surface area (Å²) < 4.78 is 32.4. The predicted molar refractivity (Wildman–Crippen MR) is 89.5 cm³/mol. The number of sulfonamides is 1. The number of nitrogens with zero attached hydrogens (tertiary/aromatic N) is 2. The van der Waals surface area contributed by atoms with Crippen molar-refractivity contribution in [2.75, 3.05) is 16.2 Å². The van der Waals surface area contributed by atoms with Crippen LogP contribution in [0.15, 0.2) is 33.7 Å². The van der Waals surface area contributed by atoms with Crippen molar-refractivity contribution in [1.29, 1.82) is 0 Å². The molecule has 0 saturated heterocycles. The Balaban J connectivity index is 2.03. The van der Waals surface area contributed by atoms with Crippen molar-refractivity contribution in [1.82, 2.24) is 5.16 Å². The van der Waals surface area contributed by atoms with E-state index in [9.17, 15) is 13.2 Å². The van der Waals surface area contributed by atoms with E-state index in [1.165, 1.54) is 12.1 Å². The van der Waals surface area contributed by atoms with E-state index in [1.807, 2.05) is 6.92 Å². The van der Waals surface area contributed by atoms with E-state index in [4.69, 9.17) is 4.52 Å². The van der Waals surface area contributed by atoms with Crippen LogP contribution < -0.4 is 9.62 Å². The van der Waals surface area contributed by atoms with E-state index < -0.39 is 15.4 Å². The third-order valence-electron chi connectivity index (χ3n) is 4.21. The second kappa shape index (κ2) is 5.34. The maximum atomic E-state index is 12.6. The maximum Gasteiger partial charge on any atom is 0.263 e. The molecule has 0 atom stereocenters. The molecule has 128 valence electrons. The largest absolute Gasteiger partial charge is 0.360 e. The number of rotatable bonds is 4. The standard InChI is InChI=1S/C16H19N3O4S/c1-5-19-13-7-6-11(9-12(13)16(3,4)15(19)20)24(21,22)18-14-8-10(2)23-17-14/h6-9H,5H2,1-4H3,(H,17,18). The van der Waals surface area contributed by atoms with Gasteiger partial charge in [0.1, 0.15) is 5.76 Å². The van der Waals surface area contributed by atoms with Crippen LogP contribution in [0.5, 0.6) is 0 Å². The Morgan fingerprint density at radius 1 is 1.29 bits per heavy atom. The summed E-state index contributed by atoms with van der Waals surface area (Å²) in [5, 5.41) is 3.64. The van der Waals surface area contributed by atoms with Gasteiger partial charge in [0.25, 0.3) is 10.0 Å². The molecule has 0 spiro atoms. The van der Waals surface area contributed by atoms with Gasteiger partial charge >= 0.3 is 0 Å². The molecule has 0 aliphatic carbocycles. The zero-order valence-electron chi connectivity index (χ0n) is 14.0. The fraction of sp³-hybridized carbons (Fsp3) is 0.375. The van der Waals surface area contributed by atoms with Crippen molar-refractivity contribution in [2.24, 2.45) is 0 Å². The molecule has 1 N–H and O–H groups in total. The molecule has 3 rings (SSSR count). The van der Waals surface area contributed by atoms with Gasteiger partial charge in [0.15, 0.2) is 5.82 Å². The summed E-state index contributed by atoms with van der Waals surface area (Å²) in [5.41, 5.74) is 0.693. The molecule has 2 aromatic rings. The second-order valence-corrected chi connectivity index (χ2v) is 7.96. The fourth-order valence-electron chi connectivity index (χ4n) is 2.91. The molecule has 0 saturated carbocycles. The summed E-state index contributed by atoms with van der Waals surface area (Å²) in [5.74, 6) is 0.597. The first-order valence-electron chi connectivity index (χ1n) is 7.59. The van der Waals surface area contributed by atoms with Crippen LogP contribution in [0, 0.1) is 6.92 Å². The number of benzene rings is 1. The Bertz CT molecular complexity index is 915. The molecule has 2 heterocycles. The summed E-state index contributed by atoms with van der Waals surface area (Å²) in [7, 11) is -3.82. The topological polar surface area (TPSA) is 92.5 Å². The average molecular weight is 349 g/mol. The molecule has 7 nitrogen and oxygen atoms in total. The van der Waals surface area contributed by atoms with Crippen LogP contribution in [0.2, 0.25) is 0 Å². The third-order valence-corrected chi connectivity index (χ3v) is 5.56. The smallest absolute Gasteiger partial charge is 0.263 e. The Morgan fingerprint density at radius 2 is 2.00 bits per heavy atom. The summed E-state index contributed by atoms with van der Waals surface area (Å²) in [6, 6.07) is 6.22. The summed E-state index contributed by atoms with van der Waals surface area (Å²) in [6.45, 7) is 7.71. The van der Waals surface area contributed by atoms with E-state index in [0.717, 1.165) is 5.69 Å². The Kier molecular flexibility index (Phi) is 3.67. The van der Waals surface area contributed by atoms with Crippen LogP contribution in [0.1, 0.15) is 32.1 Å². The number of carbonyl (C=O) groups is 1. The number of anilines is 2. The number of hydrogen-bond acceptors (Lipinski definition) is 5. The molecule has 0 unspecified atom stereocenters. The fourth-order valence-corrected chi connectivity index (χ4v) is 3.91. The van der Waals surface area contributed by atoms with E-state index in [2.05, 4.69) is 9.88 Å². The van der Waals surface area contributed by atoms with Crippen molar-refractivity contribution in [3.05, 3.63) is 35.6 Å². The zero-order chi connectivity index (χ0) is 17.7. The van der Waals surface area contributed by atoms with Crippen LogP contribution in [-0.2, 0) is 20.2 Å². The van der Waals surface area contributed by atoms with Gasteiger partial charge in [-0.15, -0.1) is 0 Å². The number of nitrogens with one attached hydrogen (secondary N) is 1. The molecular formula is C16H19N3O4S. The minimum atomic E-state index is -3.82. The Morgan fingerprint density at radius 3 is 2.58 bits per heavy atom. The highest BCUT2D eigenvalue weighted by molar-refractivity contribution is 7.92. The quantitative estimate of drug-likeness (QED) is 0.915. The highest BCUT2D eigenvalue weighted by atomic mass is 32.2. The first kappa shape index (κ1) is 16.5. The number of aromatic nitrogens is 1. The number of carbonyl (C=O) groups excluding carboxylic acids is 1. The van der Waals surface area contributed by atoms with Gasteiger partial charge < -0.3 is 9.42 Å². The van der Waals surface area contributed by atoms with Crippen molar-refractivity contribution in [2.45, 2.75) is 38.0 Å². The highest BCUT2D eigenvalue weighted by Gasteiger charge is 2.43. The van der Waals surface area contributed by atoms with Gasteiger partial charge in [0, 0.05) is 18.3 Å². The molecule has 1 aromatic carbocycles. The monoisotopic (exact) mass is 349 g/mol. The number of fused-ring (bicyclic) bond motifs is 1. The van der Waals surface area contributed by atoms with Gasteiger partial charge in [0.05, 0.1) is 10.3 Å². The van der Waals surface area contributed by atoms with E-state index in [-0.39, 0.29) is 16.6 Å². The molecule has 1 amide bonds. The molecule has 0 bridgehead atoms. The van der Waals surface area contributed by atoms with Gasteiger partial charge in [-0.05, 0) is 51.5 Å².